The Kier molecular flexibility index (Phi) is 4.23. The molecule has 4 heteroatoms. The van der Waals surface area contributed by atoms with Gasteiger partial charge in [-0.05, 0) is 41.2 Å². The first-order valence-corrected chi connectivity index (χ1v) is 8.57. The van der Waals surface area contributed by atoms with Crippen LogP contribution in [-0.2, 0) is 10.8 Å². The second kappa shape index (κ2) is 6.10. The molecule has 0 spiro atoms. The van der Waals surface area contributed by atoms with Gasteiger partial charge in [0.05, 0.1) is 0 Å². The van der Waals surface area contributed by atoms with Crippen molar-refractivity contribution in [2.75, 3.05) is 5.32 Å². The van der Waals surface area contributed by atoms with Gasteiger partial charge < -0.3 is 15.2 Å². The number of carboxylic acid groups (broad SMARTS) is 1. The molecule has 0 saturated heterocycles. The van der Waals surface area contributed by atoms with Gasteiger partial charge in [0.25, 0.3) is 0 Å². The zero-order valence-corrected chi connectivity index (χ0v) is 15.2. The molecule has 0 aliphatic carbocycles. The topological polar surface area (TPSA) is 58.6 Å². The molecule has 0 radical (unpaired) electrons. The Labute approximate surface area is 148 Å². The van der Waals surface area contributed by atoms with Gasteiger partial charge >= 0.3 is 6.16 Å². The van der Waals surface area contributed by atoms with Crippen LogP contribution in [-0.4, -0.2) is 17.3 Å². The molecule has 3 rings (SSSR count). The summed E-state index contributed by atoms with van der Waals surface area (Å²) in [6.45, 7) is 8.93. The molecule has 0 bridgehead atoms. The Hall–Kier alpha value is -2.49. The Morgan fingerprint density at radius 1 is 1.20 bits per heavy atom. The third-order valence-electron chi connectivity index (χ3n) is 5.36. The fraction of sp³-hybridized carbons (Fsp3) is 0.381. The van der Waals surface area contributed by atoms with Gasteiger partial charge in [-0.1, -0.05) is 58.0 Å². The van der Waals surface area contributed by atoms with Crippen molar-refractivity contribution < 1.29 is 14.6 Å². The maximum absolute atomic E-state index is 10.8. The van der Waals surface area contributed by atoms with Gasteiger partial charge in [0.2, 0.25) is 0 Å². The molecular weight excluding hydrogens is 314 g/mol. The monoisotopic (exact) mass is 339 g/mol. The predicted molar refractivity (Wildman–Crippen MR) is 99.6 cm³/mol. The van der Waals surface area contributed by atoms with E-state index in [1.807, 2.05) is 18.2 Å². The van der Waals surface area contributed by atoms with E-state index in [0.717, 1.165) is 17.7 Å². The number of fused-ring (bicyclic) bond motifs is 1. The lowest BCUT2D eigenvalue weighted by Gasteiger charge is -2.45. The summed E-state index contributed by atoms with van der Waals surface area (Å²) in [6.07, 6.45) is -0.345. The first-order chi connectivity index (χ1) is 11.7. The quantitative estimate of drug-likeness (QED) is 0.597. The zero-order valence-electron chi connectivity index (χ0n) is 15.2. The molecule has 1 aliphatic rings. The summed E-state index contributed by atoms with van der Waals surface area (Å²) in [7, 11) is 0. The van der Waals surface area contributed by atoms with Crippen LogP contribution in [0.5, 0.6) is 5.75 Å². The molecule has 0 aromatic heterocycles. The molecule has 1 atom stereocenters. The highest BCUT2D eigenvalue weighted by Crippen LogP contribution is 2.45. The number of hydrogen-bond acceptors (Lipinski definition) is 3. The van der Waals surface area contributed by atoms with Crippen LogP contribution in [0.25, 0.3) is 0 Å². The zero-order chi connectivity index (χ0) is 18.2. The van der Waals surface area contributed by atoms with Gasteiger partial charge in [0.1, 0.15) is 5.75 Å². The van der Waals surface area contributed by atoms with Gasteiger partial charge in [-0.15, -0.1) is 0 Å². The van der Waals surface area contributed by atoms with Crippen LogP contribution in [0.3, 0.4) is 0 Å². The van der Waals surface area contributed by atoms with E-state index in [4.69, 9.17) is 9.84 Å². The second-order valence-corrected chi connectivity index (χ2v) is 7.95. The number of carbonyl (C=O) groups is 1. The maximum Gasteiger partial charge on any atom is 0.511 e. The van der Waals surface area contributed by atoms with E-state index in [1.165, 1.54) is 5.56 Å². The summed E-state index contributed by atoms with van der Waals surface area (Å²) in [5.74, 6) is 0.363. The van der Waals surface area contributed by atoms with Crippen molar-refractivity contribution in [2.24, 2.45) is 0 Å². The van der Waals surface area contributed by atoms with Crippen LogP contribution in [0.2, 0.25) is 0 Å². The molecule has 1 heterocycles. The van der Waals surface area contributed by atoms with Crippen molar-refractivity contribution in [3.63, 3.8) is 0 Å². The molecule has 2 aromatic carbocycles. The van der Waals surface area contributed by atoms with E-state index < -0.39 is 6.16 Å². The van der Waals surface area contributed by atoms with Crippen molar-refractivity contribution in [3.8, 4) is 5.75 Å². The SMILES string of the molecule is CC1(C)CC(C(C)(C)c2ccccc2)Nc2ccc(OC(=O)O)cc21. The highest BCUT2D eigenvalue weighted by atomic mass is 16.7. The molecule has 2 N–H and O–H groups in total. The lowest BCUT2D eigenvalue weighted by Crippen LogP contribution is -2.47. The van der Waals surface area contributed by atoms with Crippen molar-refractivity contribution >= 4 is 11.8 Å². The lowest BCUT2D eigenvalue weighted by molar-refractivity contribution is 0.144. The lowest BCUT2D eigenvalue weighted by atomic mass is 9.67. The van der Waals surface area contributed by atoms with Crippen LogP contribution in [0.15, 0.2) is 48.5 Å². The molecule has 0 amide bonds. The van der Waals surface area contributed by atoms with E-state index in [0.29, 0.717) is 5.75 Å². The maximum atomic E-state index is 10.8. The largest absolute Gasteiger partial charge is 0.511 e. The number of hydrogen-bond donors (Lipinski definition) is 2. The van der Waals surface area contributed by atoms with Gasteiger partial charge in [-0.25, -0.2) is 4.79 Å². The normalized spacial score (nSPS) is 18.8. The Morgan fingerprint density at radius 3 is 2.52 bits per heavy atom. The Balaban J connectivity index is 1.95. The minimum absolute atomic E-state index is 0.0353. The fourth-order valence-corrected chi connectivity index (χ4v) is 3.74. The summed E-state index contributed by atoms with van der Waals surface area (Å²) in [6, 6.07) is 16.3. The third kappa shape index (κ3) is 3.34. The first-order valence-electron chi connectivity index (χ1n) is 8.57. The molecule has 2 aromatic rings. The van der Waals surface area contributed by atoms with Crippen LogP contribution in [0, 0.1) is 0 Å². The first kappa shape index (κ1) is 17.3. The summed E-state index contributed by atoms with van der Waals surface area (Å²) in [5, 5.41) is 12.5. The molecule has 4 nitrogen and oxygen atoms in total. The van der Waals surface area contributed by atoms with Crippen LogP contribution >= 0.6 is 0 Å². The van der Waals surface area contributed by atoms with Crippen LogP contribution in [0.4, 0.5) is 10.5 Å². The van der Waals surface area contributed by atoms with Crippen molar-refractivity contribution in [1.29, 1.82) is 0 Å². The number of ether oxygens (including phenoxy) is 1. The third-order valence-corrected chi connectivity index (χ3v) is 5.36. The minimum Gasteiger partial charge on any atom is -0.449 e. The molecule has 1 aliphatic heterocycles. The van der Waals surface area contributed by atoms with Crippen molar-refractivity contribution in [3.05, 3.63) is 59.7 Å². The summed E-state index contributed by atoms with van der Waals surface area (Å²) in [5.41, 5.74) is 3.31. The molecule has 0 saturated carbocycles. The van der Waals surface area contributed by atoms with Gasteiger partial charge in [-0.2, -0.15) is 0 Å². The number of anilines is 1. The highest BCUT2D eigenvalue weighted by Gasteiger charge is 2.40. The highest BCUT2D eigenvalue weighted by molar-refractivity contribution is 5.65. The molecule has 0 fully saturated rings. The van der Waals surface area contributed by atoms with Gasteiger partial charge in [-0.3, -0.25) is 0 Å². The number of nitrogens with one attached hydrogen (secondary N) is 1. The summed E-state index contributed by atoms with van der Waals surface area (Å²) in [4.78, 5) is 10.8. The van der Waals surface area contributed by atoms with E-state index in [2.05, 4.69) is 57.3 Å². The van der Waals surface area contributed by atoms with Crippen molar-refractivity contribution in [2.45, 2.75) is 51.0 Å². The number of rotatable bonds is 3. The van der Waals surface area contributed by atoms with Crippen LogP contribution in [0.1, 0.15) is 45.2 Å². The average Bonchev–Trinajstić information content (AvgIpc) is 2.55. The minimum atomic E-state index is -1.29. The molecule has 25 heavy (non-hydrogen) atoms. The van der Waals surface area contributed by atoms with Gasteiger partial charge in [0, 0.05) is 17.1 Å². The molecular formula is C21H25NO3. The van der Waals surface area contributed by atoms with E-state index in [9.17, 15) is 4.79 Å². The Morgan fingerprint density at radius 2 is 1.88 bits per heavy atom. The van der Waals surface area contributed by atoms with Gasteiger partial charge in [0.15, 0.2) is 0 Å². The smallest absolute Gasteiger partial charge is 0.449 e. The molecule has 1 unspecified atom stereocenters. The standard InChI is InChI=1S/C21H25NO3/c1-20(2)13-18(21(3,4)14-8-6-5-7-9-14)22-17-11-10-15(12-16(17)20)25-19(23)24/h5-12,18,22H,13H2,1-4H3,(H,23,24). The Bertz CT molecular complexity index is 781. The van der Waals surface area contributed by atoms with E-state index >= 15 is 0 Å². The van der Waals surface area contributed by atoms with Crippen molar-refractivity contribution in [1.82, 2.24) is 0 Å². The van der Waals surface area contributed by atoms with Crippen LogP contribution < -0.4 is 10.1 Å². The van der Waals surface area contributed by atoms with E-state index in [1.54, 1.807) is 6.07 Å². The van der Waals surface area contributed by atoms with E-state index in [-0.39, 0.29) is 16.9 Å². The number of benzene rings is 2. The molecule has 132 valence electrons. The summed E-state index contributed by atoms with van der Waals surface area (Å²) >= 11 is 0. The summed E-state index contributed by atoms with van der Waals surface area (Å²) < 4.78 is 4.83. The average molecular weight is 339 g/mol. The fourth-order valence-electron chi connectivity index (χ4n) is 3.74. The predicted octanol–water partition coefficient (Wildman–Crippen LogP) is 5.18. The second-order valence-electron chi connectivity index (χ2n) is 7.95.